The molecule has 2 saturated heterocycles. The highest BCUT2D eigenvalue weighted by atomic mass is 28.4. The minimum atomic E-state index is -2.27. The minimum absolute atomic E-state index is 0.0515. The number of hydrogen-bond acceptors (Lipinski definition) is 14. The Balaban J connectivity index is 0.873. The molecule has 17 heteroatoms. The van der Waals surface area contributed by atoms with E-state index >= 15 is 0 Å². The number of rotatable bonds is 13. The van der Waals surface area contributed by atoms with Crippen LogP contribution in [0.4, 0.5) is 21.0 Å². The molecule has 0 radical (unpaired) electrons. The molecule has 13 rings (SSSR count). The predicted molar refractivity (Wildman–Crippen MR) is 250 cm³/mol. The lowest BCUT2D eigenvalue weighted by molar-refractivity contribution is -0.645. The van der Waals surface area contributed by atoms with E-state index in [0.717, 1.165) is 51.4 Å². The Labute approximate surface area is 403 Å². The number of carbonyl (C=O) groups is 2. The number of ether oxygens (including phenoxy) is 5. The molecule has 2 aliphatic heterocycles. The Morgan fingerprint density at radius 3 is 1.54 bits per heavy atom. The second-order valence-corrected chi connectivity index (χ2v) is 27.5. The number of nitrogens with zero attached hydrogens (tertiary/aromatic N) is 1. The number of nitrogens with one attached hydrogen (secondary N) is 1. The second kappa shape index (κ2) is 16.7. The van der Waals surface area contributed by atoms with E-state index in [-0.39, 0.29) is 53.4 Å². The number of benzene rings is 3. The molecule has 10 aliphatic rings. The molecular weight excluding hydrogens is 905 g/mol. The van der Waals surface area contributed by atoms with Gasteiger partial charge >= 0.3 is 12.2 Å². The van der Waals surface area contributed by atoms with E-state index in [1.165, 1.54) is 37.1 Å². The van der Waals surface area contributed by atoms with E-state index in [4.69, 9.17) is 47.7 Å². The third kappa shape index (κ3) is 7.26. The average Bonchev–Trinajstić information content (AvgIpc) is 3.28. The topological polar surface area (TPSA) is 182 Å². The van der Waals surface area contributed by atoms with E-state index in [1.54, 1.807) is 32.4 Å². The van der Waals surface area contributed by atoms with Crippen molar-refractivity contribution in [1.29, 1.82) is 0 Å². The van der Waals surface area contributed by atoms with Crippen molar-refractivity contribution in [3.8, 4) is 11.5 Å². The maximum absolute atomic E-state index is 13.9. The standard InChI is InChI=1S/C52H64N2O14Si/c1-48(2,3)69(6,7)64-43-15-9-35(45(27-43)52(60-5)50(66-68-52)38-22-32-17-33(24-38)25-39(50)23-32)29-62-47(56)63-42-14-8-34(28-61-46(55)53-40-10-12-41(13-11-40)54(57)58)44(26-42)51(59-4)49(65-67-51)36-18-30-16-31(20-36)21-37(49)19-30/h8-15,26-27,30-33,36-39H,16-25,28-29H2,1-7H3,(H,53,55). The molecule has 16 nitrogen and oxygen atoms in total. The first-order chi connectivity index (χ1) is 32.9. The molecule has 69 heavy (non-hydrogen) atoms. The van der Waals surface area contributed by atoms with Gasteiger partial charge in [0.15, 0.2) is 11.2 Å². The van der Waals surface area contributed by atoms with Crippen molar-refractivity contribution >= 4 is 31.9 Å². The van der Waals surface area contributed by atoms with Crippen LogP contribution in [0.5, 0.6) is 11.5 Å². The van der Waals surface area contributed by atoms with Crippen molar-refractivity contribution < 1.29 is 62.2 Å². The van der Waals surface area contributed by atoms with Gasteiger partial charge in [-0.05, 0) is 177 Å². The summed E-state index contributed by atoms with van der Waals surface area (Å²) < 4.78 is 37.5. The molecule has 2 unspecified atom stereocenters. The SMILES string of the molecule is COC1(c2cc(OC(=O)OCc3ccc(O[Si](C)(C)C(C)(C)C)cc3C3(OC)OOC34C3CC5CC(C3)CC4C5)ccc2COC(=O)Nc2ccc([N+](=O)[O-])cc2)OOC12C1CC3CC(C1)CC2C3. The highest BCUT2D eigenvalue weighted by Crippen LogP contribution is 2.71. The molecule has 0 aromatic heterocycles. The number of hydrogen-bond donors (Lipinski definition) is 1. The lowest BCUT2D eigenvalue weighted by atomic mass is 9.47. The molecule has 8 bridgehead atoms. The summed E-state index contributed by atoms with van der Waals surface area (Å²) in [6, 6.07) is 16.3. The maximum atomic E-state index is 13.9. The summed E-state index contributed by atoms with van der Waals surface area (Å²) in [5, 5.41) is 13.7. The fourth-order valence-electron chi connectivity index (χ4n) is 14.4. The van der Waals surface area contributed by atoms with Crippen molar-refractivity contribution in [3.63, 3.8) is 0 Å². The summed E-state index contributed by atoms with van der Waals surface area (Å²) in [4.78, 5) is 62.8. The normalized spacial score (nSPS) is 35.6. The molecule has 8 saturated carbocycles. The Kier molecular flexibility index (Phi) is 11.3. The summed E-state index contributed by atoms with van der Waals surface area (Å²) in [6.45, 7) is 10.7. The van der Waals surface area contributed by atoms with Crippen LogP contribution >= 0.6 is 0 Å². The van der Waals surface area contributed by atoms with Gasteiger partial charge in [-0.1, -0.05) is 32.9 Å². The van der Waals surface area contributed by atoms with Crippen molar-refractivity contribution in [2.45, 2.75) is 139 Å². The predicted octanol–water partition coefficient (Wildman–Crippen LogP) is 11.4. The van der Waals surface area contributed by atoms with E-state index in [2.05, 4.69) is 39.2 Å². The molecule has 370 valence electrons. The van der Waals surface area contributed by atoms with Gasteiger partial charge < -0.3 is 28.1 Å². The van der Waals surface area contributed by atoms with Gasteiger partial charge in [-0.3, -0.25) is 15.4 Å². The largest absolute Gasteiger partial charge is 0.543 e. The van der Waals surface area contributed by atoms with E-state index in [9.17, 15) is 19.7 Å². The minimum Gasteiger partial charge on any atom is -0.543 e. The fourth-order valence-corrected chi connectivity index (χ4v) is 15.5. The quantitative estimate of drug-likeness (QED) is 0.0426. The Morgan fingerprint density at radius 1 is 0.667 bits per heavy atom. The Hall–Kier alpha value is -4.62. The number of carbonyl (C=O) groups excluding carboxylic acids is 2. The summed E-state index contributed by atoms with van der Waals surface area (Å²) >= 11 is 0. The van der Waals surface area contributed by atoms with Crippen LogP contribution < -0.4 is 14.5 Å². The van der Waals surface area contributed by atoms with Crippen LogP contribution in [-0.4, -0.2) is 50.9 Å². The van der Waals surface area contributed by atoms with Gasteiger partial charge in [0.2, 0.25) is 8.32 Å². The van der Waals surface area contributed by atoms with Crippen LogP contribution in [0.2, 0.25) is 18.1 Å². The zero-order chi connectivity index (χ0) is 48.3. The summed E-state index contributed by atoms with van der Waals surface area (Å²) in [6.07, 6.45) is 9.00. The van der Waals surface area contributed by atoms with Gasteiger partial charge in [-0.25, -0.2) is 19.4 Å². The number of nitro benzene ring substituents is 1. The fraction of sp³-hybridized carbons (Fsp3) is 0.615. The first kappa shape index (κ1) is 46.7. The van der Waals surface area contributed by atoms with Gasteiger partial charge in [0.1, 0.15) is 24.7 Å². The molecular formula is C52H64N2O14Si. The van der Waals surface area contributed by atoms with Gasteiger partial charge in [-0.2, -0.15) is 9.78 Å². The number of methoxy groups -OCH3 is 2. The molecule has 8 aliphatic carbocycles. The first-order valence-electron chi connectivity index (χ1n) is 24.7. The first-order valence-corrected chi connectivity index (χ1v) is 27.7. The van der Waals surface area contributed by atoms with Gasteiger partial charge in [-0.15, -0.1) is 0 Å². The zero-order valence-electron chi connectivity index (χ0n) is 40.5. The third-order valence-electron chi connectivity index (χ3n) is 18.2. The summed E-state index contributed by atoms with van der Waals surface area (Å²) in [7, 11) is 0.986. The molecule has 10 fully saturated rings. The summed E-state index contributed by atoms with van der Waals surface area (Å²) in [5.74, 6) is 1.67. The van der Waals surface area contributed by atoms with Crippen LogP contribution in [0.1, 0.15) is 107 Å². The summed E-state index contributed by atoms with van der Waals surface area (Å²) in [5.41, 5.74) is 1.16. The van der Waals surface area contributed by atoms with Gasteiger partial charge in [0.25, 0.3) is 17.3 Å². The third-order valence-corrected chi connectivity index (χ3v) is 22.5. The van der Waals surface area contributed by atoms with Crippen LogP contribution in [0, 0.1) is 57.5 Å². The van der Waals surface area contributed by atoms with Crippen molar-refractivity contribution in [1.82, 2.24) is 0 Å². The molecule has 3 aromatic rings. The van der Waals surface area contributed by atoms with Crippen LogP contribution in [0.3, 0.4) is 0 Å². The van der Waals surface area contributed by atoms with Crippen molar-refractivity contribution in [2.24, 2.45) is 47.3 Å². The lowest BCUT2D eigenvalue weighted by Gasteiger charge is -2.68. The van der Waals surface area contributed by atoms with E-state index < -0.39 is 48.3 Å². The number of anilines is 1. The number of non-ortho nitro benzene ring substituents is 1. The Bertz CT molecular complexity index is 2460. The average molecular weight is 969 g/mol. The maximum Gasteiger partial charge on any atom is 0.514 e. The molecule has 2 heterocycles. The number of amides is 1. The highest BCUT2D eigenvalue weighted by Gasteiger charge is 2.78. The van der Waals surface area contributed by atoms with Crippen molar-refractivity contribution in [2.75, 3.05) is 19.5 Å². The molecule has 1 N–H and O–H groups in total. The highest BCUT2D eigenvalue weighted by molar-refractivity contribution is 6.74. The molecule has 2 spiro atoms. The van der Waals surface area contributed by atoms with Gasteiger partial charge in [0.05, 0.1) is 4.92 Å². The zero-order valence-corrected chi connectivity index (χ0v) is 41.5. The van der Waals surface area contributed by atoms with Crippen LogP contribution in [0.25, 0.3) is 0 Å². The van der Waals surface area contributed by atoms with Gasteiger partial charge in [0, 0.05) is 43.2 Å². The van der Waals surface area contributed by atoms with Crippen LogP contribution in [0.15, 0.2) is 60.7 Å². The smallest absolute Gasteiger partial charge is 0.514 e. The molecule has 1 amide bonds. The van der Waals surface area contributed by atoms with Crippen LogP contribution in [-0.2, 0) is 63.3 Å². The lowest BCUT2D eigenvalue weighted by Crippen LogP contribution is -2.76. The van der Waals surface area contributed by atoms with E-state index in [0.29, 0.717) is 57.4 Å². The molecule has 3 aromatic carbocycles. The van der Waals surface area contributed by atoms with Crippen molar-refractivity contribution in [3.05, 3.63) is 93.0 Å². The molecule has 2 atom stereocenters. The monoisotopic (exact) mass is 968 g/mol. The Morgan fingerprint density at radius 2 is 1.12 bits per heavy atom. The second-order valence-electron chi connectivity index (χ2n) is 22.8. The number of nitro groups is 1. The van der Waals surface area contributed by atoms with E-state index in [1.807, 2.05) is 18.2 Å².